The van der Waals surface area contributed by atoms with E-state index in [1.807, 2.05) is 24.0 Å². The third-order valence-corrected chi connectivity index (χ3v) is 2.30. The van der Waals surface area contributed by atoms with E-state index in [0.717, 1.165) is 25.1 Å². The zero-order valence-corrected chi connectivity index (χ0v) is 10.3. The van der Waals surface area contributed by atoms with Gasteiger partial charge in [0.25, 0.3) is 0 Å². The van der Waals surface area contributed by atoms with Crippen molar-refractivity contribution in [2.24, 2.45) is 12.2 Å². The highest BCUT2D eigenvalue weighted by molar-refractivity contribution is 5.72. The van der Waals surface area contributed by atoms with Gasteiger partial charge >= 0.3 is 5.82 Å². The lowest BCUT2D eigenvalue weighted by Gasteiger charge is -1.96. The zero-order chi connectivity index (χ0) is 12.5. The number of imidazole rings is 1. The number of aromatic nitrogens is 2. The second-order valence-electron chi connectivity index (χ2n) is 3.64. The van der Waals surface area contributed by atoms with Gasteiger partial charge in [0.15, 0.2) is 6.21 Å². The second-order valence-corrected chi connectivity index (χ2v) is 3.64. The summed E-state index contributed by atoms with van der Waals surface area (Å²) in [7, 11) is 1.86. The summed E-state index contributed by atoms with van der Waals surface area (Å²) in [6.07, 6.45) is 10.8. The van der Waals surface area contributed by atoms with Gasteiger partial charge in [0, 0.05) is 6.42 Å². The summed E-state index contributed by atoms with van der Waals surface area (Å²) in [5, 5.41) is 11.5. The average Bonchev–Trinajstić information content (AvgIpc) is 2.66. The van der Waals surface area contributed by atoms with E-state index in [2.05, 4.69) is 24.1 Å². The molecule has 5 heteroatoms. The normalized spacial score (nSPS) is 10.2. The Balaban J connectivity index is 2.48. The van der Waals surface area contributed by atoms with Crippen LogP contribution in [0.1, 0.15) is 32.0 Å². The van der Waals surface area contributed by atoms with E-state index < -0.39 is 0 Å². The molecule has 1 N–H and O–H groups in total. The SMILES string of the molecule is CCCCC#COCn1cc[n+](C)c1C=NO. The fourth-order valence-electron chi connectivity index (χ4n) is 1.33. The predicted octanol–water partition coefficient (Wildman–Crippen LogP) is 1.25. The van der Waals surface area contributed by atoms with Crippen LogP contribution in [0.25, 0.3) is 0 Å². The number of ether oxygens (including phenoxy) is 1. The van der Waals surface area contributed by atoms with Crippen molar-refractivity contribution < 1.29 is 14.5 Å². The molecule has 17 heavy (non-hydrogen) atoms. The largest absolute Gasteiger partial charge is 0.411 e. The molecule has 1 aromatic heterocycles. The highest BCUT2D eigenvalue weighted by Crippen LogP contribution is 1.94. The van der Waals surface area contributed by atoms with E-state index in [9.17, 15) is 0 Å². The number of unbranched alkanes of at least 4 members (excludes halogenated alkanes) is 2. The third-order valence-electron chi connectivity index (χ3n) is 2.30. The van der Waals surface area contributed by atoms with E-state index >= 15 is 0 Å². The van der Waals surface area contributed by atoms with Crippen molar-refractivity contribution in [1.82, 2.24) is 4.57 Å². The maximum absolute atomic E-state index is 8.53. The van der Waals surface area contributed by atoms with Crippen LogP contribution < -0.4 is 4.57 Å². The Morgan fingerprint density at radius 2 is 2.47 bits per heavy atom. The molecule has 0 bridgehead atoms. The molecule has 0 atom stereocenters. The maximum Gasteiger partial charge on any atom is 0.306 e. The number of hydrogen-bond acceptors (Lipinski definition) is 3. The quantitative estimate of drug-likeness (QED) is 0.209. The van der Waals surface area contributed by atoms with Crippen LogP contribution in [-0.2, 0) is 18.5 Å². The molecule has 1 heterocycles. The monoisotopic (exact) mass is 236 g/mol. The van der Waals surface area contributed by atoms with Gasteiger partial charge in [0.1, 0.15) is 18.5 Å². The summed E-state index contributed by atoms with van der Waals surface area (Å²) in [5.74, 6) is 3.68. The lowest BCUT2D eigenvalue weighted by atomic mass is 10.3. The van der Waals surface area contributed by atoms with Crippen LogP contribution in [-0.4, -0.2) is 16.0 Å². The molecule has 0 unspecified atom stereocenters. The molecule has 0 aliphatic heterocycles. The van der Waals surface area contributed by atoms with Gasteiger partial charge < -0.3 is 9.94 Å². The number of aryl methyl sites for hydroxylation is 1. The maximum atomic E-state index is 8.53. The van der Waals surface area contributed by atoms with Gasteiger partial charge in [-0.25, -0.2) is 4.57 Å². The number of nitrogens with zero attached hydrogens (tertiary/aromatic N) is 3. The lowest BCUT2D eigenvalue weighted by Crippen LogP contribution is -2.32. The number of rotatable bonds is 5. The standard InChI is InChI=1S/C12H17N3O2/c1-3-4-5-6-9-17-11-15-8-7-14(2)12(15)10-13-16/h7-8,10H,3-5,11H2,1-2H3/p+1. The van der Waals surface area contributed by atoms with Crippen molar-refractivity contribution >= 4 is 6.21 Å². The van der Waals surface area contributed by atoms with Crippen LogP contribution in [0.3, 0.4) is 0 Å². The van der Waals surface area contributed by atoms with Gasteiger partial charge in [-0.15, -0.1) is 0 Å². The topological polar surface area (TPSA) is 50.6 Å². The molecule has 1 aromatic rings. The van der Waals surface area contributed by atoms with E-state index in [1.165, 1.54) is 6.21 Å². The smallest absolute Gasteiger partial charge is 0.306 e. The lowest BCUT2D eigenvalue weighted by molar-refractivity contribution is -0.672. The second kappa shape index (κ2) is 7.34. The minimum absolute atomic E-state index is 0.321. The minimum Gasteiger partial charge on any atom is -0.411 e. The van der Waals surface area contributed by atoms with E-state index in [1.54, 1.807) is 4.57 Å². The van der Waals surface area contributed by atoms with Gasteiger partial charge in [-0.2, -0.15) is 4.57 Å². The van der Waals surface area contributed by atoms with E-state index in [4.69, 9.17) is 9.94 Å². The summed E-state index contributed by atoms with van der Waals surface area (Å²) in [6, 6.07) is 0. The molecule has 0 amide bonds. The molecule has 1 rings (SSSR count). The van der Waals surface area contributed by atoms with Crippen molar-refractivity contribution in [2.75, 3.05) is 0 Å². The highest BCUT2D eigenvalue weighted by atomic mass is 16.5. The summed E-state index contributed by atoms with van der Waals surface area (Å²) in [6.45, 7) is 2.45. The van der Waals surface area contributed by atoms with Crippen molar-refractivity contribution in [3.05, 3.63) is 18.2 Å². The molecule has 0 aliphatic rings. The van der Waals surface area contributed by atoms with Crippen LogP contribution in [0.2, 0.25) is 0 Å². The Bertz CT molecular complexity index is 427. The van der Waals surface area contributed by atoms with Crippen LogP contribution >= 0.6 is 0 Å². The highest BCUT2D eigenvalue weighted by Gasteiger charge is 2.11. The summed E-state index contributed by atoms with van der Waals surface area (Å²) >= 11 is 0. The summed E-state index contributed by atoms with van der Waals surface area (Å²) in [4.78, 5) is 0. The van der Waals surface area contributed by atoms with E-state index in [0.29, 0.717) is 6.73 Å². The zero-order valence-electron chi connectivity index (χ0n) is 10.3. The Morgan fingerprint density at radius 3 is 3.18 bits per heavy atom. The van der Waals surface area contributed by atoms with Gasteiger partial charge in [-0.3, -0.25) is 0 Å². The fourth-order valence-corrected chi connectivity index (χ4v) is 1.33. The molecule has 0 saturated heterocycles. The molecule has 0 radical (unpaired) electrons. The number of hydrogen-bond donors (Lipinski definition) is 1. The van der Waals surface area contributed by atoms with Crippen molar-refractivity contribution in [1.29, 1.82) is 0 Å². The molecule has 5 nitrogen and oxygen atoms in total. The minimum atomic E-state index is 0.321. The molecular weight excluding hydrogens is 218 g/mol. The first-order valence-electron chi connectivity index (χ1n) is 5.61. The number of oxime groups is 1. The Hall–Kier alpha value is -1.96. The molecule has 0 saturated carbocycles. The molecule has 0 fully saturated rings. The van der Waals surface area contributed by atoms with Crippen LogP contribution in [0.5, 0.6) is 0 Å². The first kappa shape index (κ1) is 13.1. The van der Waals surface area contributed by atoms with Gasteiger partial charge in [-0.1, -0.05) is 24.4 Å². The summed E-state index contributed by atoms with van der Waals surface area (Å²) in [5.41, 5.74) is 0. The first-order valence-corrected chi connectivity index (χ1v) is 5.61. The molecule has 0 aromatic carbocycles. The molecule has 0 aliphatic carbocycles. The molecular formula is C12H18N3O2+. The summed E-state index contributed by atoms with van der Waals surface area (Å²) < 4.78 is 8.84. The first-order chi connectivity index (χ1) is 8.29. The van der Waals surface area contributed by atoms with Crippen LogP contribution in [0.4, 0.5) is 0 Å². The predicted molar refractivity (Wildman–Crippen MR) is 63.4 cm³/mol. The van der Waals surface area contributed by atoms with Gasteiger partial charge in [0.05, 0.1) is 7.05 Å². The third kappa shape index (κ3) is 4.19. The molecule has 92 valence electrons. The van der Waals surface area contributed by atoms with Crippen molar-refractivity contribution in [3.63, 3.8) is 0 Å². The van der Waals surface area contributed by atoms with Crippen molar-refractivity contribution in [2.45, 2.75) is 32.9 Å². The van der Waals surface area contributed by atoms with Gasteiger partial charge in [-0.05, 0) is 6.42 Å². The van der Waals surface area contributed by atoms with Crippen LogP contribution in [0.15, 0.2) is 17.5 Å². The molecule has 0 spiro atoms. The van der Waals surface area contributed by atoms with Crippen molar-refractivity contribution in [3.8, 4) is 12.0 Å². The average molecular weight is 236 g/mol. The Morgan fingerprint density at radius 1 is 1.65 bits per heavy atom. The van der Waals surface area contributed by atoms with E-state index in [-0.39, 0.29) is 0 Å². The fraction of sp³-hybridized carbons (Fsp3) is 0.500. The Kier molecular flexibility index (Phi) is 5.66. The van der Waals surface area contributed by atoms with Gasteiger partial charge in [0.2, 0.25) is 6.73 Å². The van der Waals surface area contributed by atoms with Crippen LogP contribution in [0, 0.1) is 12.0 Å². The Labute approximate surface area is 101 Å².